The van der Waals surface area contributed by atoms with E-state index in [9.17, 15) is 14.6 Å². The van der Waals surface area contributed by atoms with E-state index < -0.39 is 5.82 Å². The Balaban J connectivity index is 0.00000442. The zero-order valence-corrected chi connectivity index (χ0v) is 25.9. The summed E-state index contributed by atoms with van der Waals surface area (Å²) in [6, 6.07) is 13.7. The zero-order valence-electron chi connectivity index (χ0n) is 24.9. The zero-order chi connectivity index (χ0) is 29.9. The van der Waals surface area contributed by atoms with Gasteiger partial charge in [0.1, 0.15) is 30.5 Å². The summed E-state index contributed by atoms with van der Waals surface area (Å²) in [4.78, 5) is 13.5. The van der Waals surface area contributed by atoms with Crippen LogP contribution >= 0.6 is 0 Å². The predicted octanol–water partition coefficient (Wildman–Crippen LogP) is 5.20. The van der Waals surface area contributed by atoms with Crippen molar-refractivity contribution in [3.63, 3.8) is 0 Å². The number of hydrogen-bond acceptors (Lipinski definition) is 8. The number of hydrogen-bond donors (Lipinski definition) is 0. The molecule has 0 aromatic heterocycles. The summed E-state index contributed by atoms with van der Waals surface area (Å²) >= 11 is 0. The van der Waals surface area contributed by atoms with Gasteiger partial charge in [-0.25, -0.2) is 4.39 Å². The van der Waals surface area contributed by atoms with Crippen molar-refractivity contribution in [2.45, 2.75) is 38.5 Å². The van der Waals surface area contributed by atoms with Crippen LogP contribution in [0.4, 0.5) is 15.8 Å². The first-order valence-corrected chi connectivity index (χ1v) is 15.2. The summed E-state index contributed by atoms with van der Waals surface area (Å²) < 4.78 is 25.7. The Morgan fingerprint density at radius 1 is 0.636 bits per heavy atom. The molecule has 0 aliphatic carbocycles. The van der Waals surface area contributed by atoms with Gasteiger partial charge in [-0.3, -0.25) is 19.8 Å². The van der Waals surface area contributed by atoms with Gasteiger partial charge in [-0.15, -0.1) is 0 Å². The third-order valence-corrected chi connectivity index (χ3v) is 7.84. The number of likely N-dealkylation sites (tertiary alicyclic amines) is 2. The maximum atomic E-state index is 14.1. The minimum Gasteiger partial charge on any atom is -0.872 e. The molecular formula is C34H39FN4NiO4. The Morgan fingerprint density at radius 2 is 1.11 bits per heavy atom. The molecule has 0 spiro atoms. The second-order valence-electron chi connectivity index (χ2n) is 11.1. The molecule has 5 rings (SSSR count). The molecule has 0 bridgehead atoms. The van der Waals surface area contributed by atoms with Gasteiger partial charge in [-0.05, 0) is 99.4 Å². The van der Waals surface area contributed by atoms with Gasteiger partial charge < -0.3 is 19.7 Å². The van der Waals surface area contributed by atoms with E-state index >= 15 is 0 Å². The molecule has 3 aromatic rings. The molecule has 0 radical (unpaired) electrons. The molecular weight excluding hydrogens is 606 g/mol. The van der Waals surface area contributed by atoms with E-state index in [1.165, 1.54) is 81.3 Å². The average molecular weight is 645 g/mol. The second kappa shape index (κ2) is 17.1. The van der Waals surface area contributed by atoms with E-state index in [0.29, 0.717) is 41.5 Å². The molecule has 0 atom stereocenters. The van der Waals surface area contributed by atoms with Gasteiger partial charge in [-0.2, -0.15) is 0 Å². The fourth-order valence-corrected chi connectivity index (χ4v) is 5.36. The fraction of sp³-hybridized carbons (Fsp3) is 0.412. The molecule has 2 aliphatic rings. The smallest absolute Gasteiger partial charge is 0.872 e. The van der Waals surface area contributed by atoms with Gasteiger partial charge >= 0.3 is 16.5 Å². The molecule has 10 heteroatoms. The second-order valence-corrected chi connectivity index (χ2v) is 11.1. The molecule has 0 N–H and O–H groups in total. The molecule has 3 aromatic carbocycles. The van der Waals surface area contributed by atoms with Crippen molar-refractivity contribution in [3.8, 4) is 23.0 Å². The van der Waals surface area contributed by atoms with E-state index in [0.717, 1.165) is 39.3 Å². The number of benzene rings is 3. The molecule has 236 valence electrons. The third-order valence-electron chi connectivity index (χ3n) is 7.84. The van der Waals surface area contributed by atoms with Crippen molar-refractivity contribution in [2.75, 3.05) is 52.5 Å². The Morgan fingerprint density at radius 3 is 1.59 bits per heavy atom. The molecule has 2 fully saturated rings. The molecule has 2 saturated heterocycles. The van der Waals surface area contributed by atoms with Crippen LogP contribution < -0.4 is 19.7 Å². The summed E-state index contributed by atoms with van der Waals surface area (Å²) in [5.41, 5.74) is 1.33. The number of piperidine rings is 2. The molecule has 2 aliphatic heterocycles. The molecule has 0 saturated carbocycles. The van der Waals surface area contributed by atoms with Gasteiger partial charge in [0.25, 0.3) is 0 Å². The monoisotopic (exact) mass is 644 g/mol. The van der Waals surface area contributed by atoms with Crippen molar-refractivity contribution in [1.82, 2.24) is 9.80 Å². The Hall–Kier alpha value is -3.46. The molecule has 2 heterocycles. The van der Waals surface area contributed by atoms with Crippen molar-refractivity contribution in [3.05, 3.63) is 71.5 Å². The number of nitrogens with zero attached hydrogens (tertiary/aromatic N) is 4. The van der Waals surface area contributed by atoms with Crippen LogP contribution in [0, 0.1) is 5.82 Å². The van der Waals surface area contributed by atoms with Gasteiger partial charge in [-0.1, -0.05) is 36.5 Å². The van der Waals surface area contributed by atoms with Crippen molar-refractivity contribution < 1.29 is 40.6 Å². The first kappa shape index (κ1) is 33.4. The molecule has 0 amide bonds. The Bertz CT molecular complexity index is 1410. The SMILES string of the molecule is [Ni+2].[O-]c1cc(OCCN2CCCCC2)ccc1C=Nc1ccc(F)cc1N=Cc1ccc(OCCN2CCCCC2)cc1[O-]. The fourth-order valence-electron chi connectivity index (χ4n) is 5.36. The summed E-state index contributed by atoms with van der Waals surface area (Å²) in [5.74, 6) is 0.0945. The van der Waals surface area contributed by atoms with Gasteiger partial charge in [0.15, 0.2) is 0 Å². The largest absolute Gasteiger partial charge is 2.00 e. The van der Waals surface area contributed by atoms with E-state index in [2.05, 4.69) is 19.8 Å². The van der Waals surface area contributed by atoms with Crippen LogP contribution in [-0.2, 0) is 16.5 Å². The average Bonchev–Trinajstić information content (AvgIpc) is 3.02. The van der Waals surface area contributed by atoms with Crippen LogP contribution in [0.25, 0.3) is 0 Å². The quantitative estimate of drug-likeness (QED) is 0.199. The van der Waals surface area contributed by atoms with E-state index in [1.807, 2.05) is 0 Å². The molecule has 8 nitrogen and oxygen atoms in total. The summed E-state index contributed by atoms with van der Waals surface area (Å²) in [5, 5.41) is 25.3. The summed E-state index contributed by atoms with van der Waals surface area (Å²) in [6.45, 7) is 7.12. The predicted molar refractivity (Wildman–Crippen MR) is 164 cm³/mol. The maximum Gasteiger partial charge on any atom is 2.00 e. The normalized spacial score (nSPS) is 16.3. The number of ether oxygens (including phenoxy) is 2. The Labute approximate surface area is 269 Å². The standard InChI is InChI=1S/C34H41FN4O4.Ni/c35-28-9-12-31(36-24-26-7-10-29(22-33(26)40)42-19-17-38-13-3-1-4-14-38)32(21-28)37-25-27-8-11-30(23-34(27)41)43-20-18-39-15-5-2-6-16-39;/h7-12,21-25,40-41H,1-6,13-20H2;/q;+2/p-2. The number of halogens is 1. The summed E-state index contributed by atoms with van der Waals surface area (Å²) in [6.07, 6.45) is 10.3. The van der Waals surface area contributed by atoms with Crippen molar-refractivity contribution >= 4 is 23.8 Å². The van der Waals surface area contributed by atoms with Gasteiger partial charge in [0.05, 0.1) is 11.4 Å². The van der Waals surface area contributed by atoms with E-state index in [4.69, 9.17) is 9.47 Å². The maximum absolute atomic E-state index is 14.1. The number of rotatable bonds is 12. The van der Waals surface area contributed by atoms with E-state index in [-0.39, 0.29) is 33.7 Å². The van der Waals surface area contributed by atoms with Crippen LogP contribution in [0.5, 0.6) is 23.0 Å². The molecule has 0 unspecified atom stereocenters. The van der Waals surface area contributed by atoms with Gasteiger partial charge in [0.2, 0.25) is 0 Å². The third kappa shape index (κ3) is 10.0. The summed E-state index contributed by atoms with van der Waals surface area (Å²) in [7, 11) is 0. The minimum atomic E-state index is -0.485. The van der Waals surface area contributed by atoms with Crippen molar-refractivity contribution in [2.24, 2.45) is 9.98 Å². The van der Waals surface area contributed by atoms with Gasteiger partial charge in [0, 0.05) is 31.6 Å². The minimum absolute atomic E-state index is 0. The van der Waals surface area contributed by atoms with Crippen LogP contribution in [-0.4, -0.2) is 74.7 Å². The van der Waals surface area contributed by atoms with Crippen molar-refractivity contribution in [1.29, 1.82) is 0 Å². The van der Waals surface area contributed by atoms with Crippen LogP contribution in [0.1, 0.15) is 49.7 Å². The Kier molecular flexibility index (Phi) is 13.0. The van der Waals surface area contributed by atoms with Crippen LogP contribution in [0.3, 0.4) is 0 Å². The number of aliphatic imine (C=N–C) groups is 2. The van der Waals surface area contributed by atoms with E-state index in [1.54, 1.807) is 24.3 Å². The first-order chi connectivity index (χ1) is 21.0. The molecule has 44 heavy (non-hydrogen) atoms. The van der Waals surface area contributed by atoms with Crippen LogP contribution in [0.15, 0.2) is 64.6 Å². The van der Waals surface area contributed by atoms with Crippen LogP contribution in [0.2, 0.25) is 0 Å². The first-order valence-electron chi connectivity index (χ1n) is 15.2. The topological polar surface area (TPSA) is 95.8 Å².